The molecule has 0 spiro atoms. The fraction of sp³-hybridized carbons (Fsp3) is 0.800. The summed E-state index contributed by atoms with van der Waals surface area (Å²) in [6.07, 6.45) is 2.95. The maximum absolute atomic E-state index is 10.7. The summed E-state index contributed by atoms with van der Waals surface area (Å²) >= 11 is 0. The number of hydrogen-bond acceptors (Lipinski definition) is 2. The van der Waals surface area contributed by atoms with Crippen molar-refractivity contribution in [3.8, 4) is 0 Å². The van der Waals surface area contributed by atoms with Gasteiger partial charge in [-0.3, -0.25) is 4.79 Å². The van der Waals surface area contributed by atoms with Gasteiger partial charge >= 0.3 is 6.16 Å². The van der Waals surface area contributed by atoms with Gasteiger partial charge in [-0.1, -0.05) is 33.1 Å². The lowest BCUT2D eigenvalue weighted by Gasteiger charge is -2.04. The van der Waals surface area contributed by atoms with Gasteiger partial charge in [-0.25, -0.2) is 4.79 Å². The smallest absolute Gasteiger partial charge is 0.450 e. The first-order valence-electron chi connectivity index (χ1n) is 4.84. The minimum absolute atomic E-state index is 0.284. The average molecular weight is 204 g/mol. The molecule has 0 bridgehead atoms. The summed E-state index contributed by atoms with van der Waals surface area (Å²) in [6.45, 7) is 5.87. The van der Waals surface area contributed by atoms with Gasteiger partial charge in [0.25, 0.3) is 0 Å². The van der Waals surface area contributed by atoms with Crippen LogP contribution in [0, 0.1) is 5.92 Å². The van der Waals surface area contributed by atoms with Crippen molar-refractivity contribution in [2.45, 2.75) is 46.5 Å². The molecule has 0 radical (unpaired) electrons. The monoisotopic (exact) mass is 204 g/mol. The number of carboxylic acid groups (broad SMARTS) is 2. The molecular weight excluding hydrogens is 184 g/mol. The van der Waals surface area contributed by atoms with E-state index in [1.54, 1.807) is 6.92 Å². The zero-order valence-corrected chi connectivity index (χ0v) is 9.12. The van der Waals surface area contributed by atoms with E-state index in [0.717, 1.165) is 6.42 Å². The van der Waals surface area contributed by atoms with Crippen molar-refractivity contribution in [1.82, 2.24) is 0 Å². The summed E-state index contributed by atoms with van der Waals surface area (Å²) in [5, 5.41) is 13.9. The van der Waals surface area contributed by atoms with Crippen molar-refractivity contribution in [2.75, 3.05) is 0 Å². The van der Waals surface area contributed by atoms with E-state index in [9.17, 15) is 4.79 Å². The molecule has 0 rings (SSSR count). The van der Waals surface area contributed by atoms with Crippen LogP contribution in [0.25, 0.3) is 0 Å². The quantitative estimate of drug-likeness (QED) is 0.675. The molecule has 14 heavy (non-hydrogen) atoms. The first-order valence-corrected chi connectivity index (χ1v) is 4.84. The van der Waals surface area contributed by atoms with Gasteiger partial charge < -0.3 is 10.2 Å². The highest BCUT2D eigenvalue weighted by Crippen LogP contribution is 2.09. The second-order valence-electron chi connectivity index (χ2n) is 3.29. The average Bonchev–Trinajstić information content (AvgIpc) is 2.03. The van der Waals surface area contributed by atoms with Gasteiger partial charge in [-0.15, -0.1) is 0 Å². The van der Waals surface area contributed by atoms with Crippen molar-refractivity contribution >= 4 is 11.9 Å². The molecule has 0 aliphatic heterocycles. The van der Waals surface area contributed by atoms with Crippen LogP contribution < -0.4 is 0 Å². The highest BCUT2D eigenvalue weighted by Gasteiger charge is 2.05. The van der Waals surface area contributed by atoms with Crippen LogP contribution in [-0.4, -0.2) is 22.2 Å². The predicted octanol–water partition coefficient (Wildman–Crippen LogP) is 3.01. The van der Waals surface area contributed by atoms with E-state index in [4.69, 9.17) is 15.0 Å². The molecule has 1 unspecified atom stereocenters. The summed E-state index contributed by atoms with van der Waals surface area (Å²) < 4.78 is 0. The Morgan fingerprint density at radius 3 is 1.93 bits per heavy atom. The van der Waals surface area contributed by atoms with E-state index < -0.39 is 6.16 Å². The molecule has 4 heteroatoms. The number of carbonyl (C=O) groups excluding carboxylic acids is 1. The third-order valence-electron chi connectivity index (χ3n) is 1.93. The molecule has 0 fully saturated rings. The Labute approximate surface area is 84.9 Å². The van der Waals surface area contributed by atoms with Crippen LogP contribution in [0.2, 0.25) is 0 Å². The molecule has 4 nitrogen and oxygen atoms in total. The Bertz CT molecular complexity index is 162. The number of Topliss-reactive ketones (excluding diaryl/α,β-unsaturated/α-hetero) is 1. The first kappa shape index (κ1) is 15.4. The normalized spacial score (nSPS) is 11.1. The number of rotatable bonds is 5. The van der Waals surface area contributed by atoms with Gasteiger partial charge in [0, 0.05) is 5.92 Å². The Hall–Kier alpha value is -1.06. The number of carbonyl (C=O) groups is 2. The van der Waals surface area contributed by atoms with E-state index >= 15 is 0 Å². The molecule has 0 heterocycles. The van der Waals surface area contributed by atoms with E-state index in [1.165, 1.54) is 19.3 Å². The molecule has 0 amide bonds. The maximum atomic E-state index is 10.7. The van der Waals surface area contributed by atoms with E-state index in [1.807, 2.05) is 6.92 Å². The standard InChI is InChI=1S/C9H18O.CH2O3/c1-4-5-6-7-8(2)9(3)10;2-1(3)4/h8H,4-7H2,1-3H3;(H2,2,3,4). The van der Waals surface area contributed by atoms with Crippen molar-refractivity contribution < 1.29 is 19.8 Å². The largest absolute Gasteiger partial charge is 0.503 e. The molecular formula is C10H20O4. The van der Waals surface area contributed by atoms with Crippen LogP contribution in [0.4, 0.5) is 4.79 Å². The third-order valence-corrected chi connectivity index (χ3v) is 1.93. The van der Waals surface area contributed by atoms with E-state index in [0.29, 0.717) is 5.78 Å². The maximum Gasteiger partial charge on any atom is 0.503 e. The lowest BCUT2D eigenvalue weighted by molar-refractivity contribution is -0.120. The molecule has 0 aromatic carbocycles. The van der Waals surface area contributed by atoms with Gasteiger partial charge in [0.15, 0.2) is 0 Å². The van der Waals surface area contributed by atoms with Gasteiger partial charge in [0.1, 0.15) is 5.78 Å². The zero-order chi connectivity index (χ0) is 11.6. The van der Waals surface area contributed by atoms with Crippen LogP contribution in [0.5, 0.6) is 0 Å². The first-order chi connectivity index (χ1) is 6.41. The lowest BCUT2D eigenvalue weighted by Crippen LogP contribution is -2.05. The molecule has 0 aromatic rings. The number of hydrogen-bond donors (Lipinski definition) is 2. The van der Waals surface area contributed by atoms with Crippen molar-refractivity contribution in [2.24, 2.45) is 5.92 Å². The van der Waals surface area contributed by atoms with E-state index in [2.05, 4.69) is 6.92 Å². The summed E-state index contributed by atoms with van der Waals surface area (Å²) in [7, 11) is 0. The summed E-state index contributed by atoms with van der Waals surface area (Å²) in [6, 6.07) is 0. The van der Waals surface area contributed by atoms with Crippen molar-refractivity contribution in [1.29, 1.82) is 0 Å². The number of unbranched alkanes of at least 4 members (excludes halogenated alkanes) is 2. The molecule has 0 saturated carbocycles. The van der Waals surface area contributed by atoms with Gasteiger partial charge in [0.2, 0.25) is 0 Å². The molecule has 0 aliphatic rings. The molecule has 0 aromatic heterocycles. The Morgan fingerprint density at radius 1 is 1.21 bits per heavy atom. The topological polar surface area (TPSA) is 74.6 Å². The third kappa shape index (κ3) is 17.1. The molecule has 84 valence electrons. The van der Waals surface area contributed by atoms with Crippen LogP contribution in [0.15, 0.2) is 0 Å². The minimum Gasteiger partial charge on any atom is -0.450 e. The van der Waals surface area contributed by atoms with Crippen LogP contribution >= 0.6 is 0 Å². The Morgan fingerprint density at radius 2 is 1.64 bits per heavy atom. The highest BCUT2D eigenvalue weighted by molar-refractivity contribution is 5.77. The van der Waals surface area contributed by atoms with Crippen molar-refractivity contribution in [3.05, 3.63) is 0 Å². The molecule has 0 aliphatic carbocycles. The molecule has 0 saturated heterocycles. The SMILES string of the molecule is CCCCCC(C)C(C)=O.O=C(O)O. The van der Waals surface area contributed by atoms with Crippen molar-refractivity contribution in [3.63, 3.8) is 0 Å². The van der Waals surface area contributed by atoms with Crippen LogP contribution in [-0.2, 0) is 4.79 Å². The number of ketones is 1. The second-order valence-corrected chi connectivity index (χ2v) is 3.29. The lowest BCUT2D eigenvalue weighted by atomic mass is 10.0. The predicted molar refractivity (Wildman–Crippen MR) is 54.6 cm³/mol. The van der Waals surface area contributed by atoms with Gasteiger partial charge in [-0.05, 0) is 13.3 Å². The van der Waals surface area contributed by atoms with Crippen LogP contribution in [0.1, 0.15) is 46.5 Å². The highest BCUT2D eigenvalue weighted by atomic mass is 16.6. The summed E-state index contributed by atoms with van der Waals surface area (Å²) in [5.74, 6) is 0.614. The second kappa shape index (κ2) is 10.0. The minimum atomic E-state index is -1.83. The summed E-state index contributed by atoms with van der Waals surface area (Å²) in [5.41, 5.74) is 0. The van der Waals surface area contributed by atoms with Gasteiger partial charge in [-0.2, -0.15) is 0 Å². The Balaban J connectivity index is 0. The van der Waals surface area contributed by atoms with E-state index in [-0.39, 0.29) is 5.92 Å². The Kier molecular flexibility index (Phi) is 11.0. The van der Waals surface area contributed by atoms with Gasteiger partial charge in [0.05, 0.1) is 0 Å². The zero-order valence-electron chi connectivity index (χ0n) is 9.12. The fourth-order valence-corrected chi connectivity index (χ4v) is 0.904. The molecule has 1 atom stereocenters. The molecule has 2 N–H and O–H groups in total. The fourth-order valence-electron chi connectivity index (χ4n) is 0.904. The van der Waals surface area contributed by atoms with Crippen LogP contribution in [0.3, 0.4) is 0 Å². The summed E-state index contributed by atoms with van der Waals surface area (Å²) in [4.78, 5) is 19.3.